The number of esters is 1. The molecule has 0 saturated carbocycles. The first-order chi connectivity index (χ1) is 17.8. The highest BCUT2D eigenvalue weighted by Gasteiger charge is 2.36. The third-order valence-corrected chi connectivity index (χ3v) is 6.68. The Bertz CT molecular complexity index is 1300. The summed E-state index contributed by atoms with van der Waals surface area (Å²) < 4.78 is 10.3. The molecular weight excluding hydrogens is 520 g/mol. The number of nitro benzene ring substituents is 1. The molecule has 1 aliphatic heterocycles. The zero-order chi connectivity index (χ0) is 26.9. The number of non-ortho nitro benzene ring substituents is 1. The Morgan fingerprint density at radius 3 is 2.54 bits per heavy atom. The third kappa shape index (κ3) is 6.89. The van der Waals surface area contributed by atoms with Gasteiger partial charge in [0.15, 0.2) is 0 Å². The molecule has 12 heteroatoms. The number of nitrogens with one attached hydrogen (secondary N) is 2. The van der Waals surface area contributed by atoms with Crippen LogP contribution in [0.5, 0.6) is 0 Å². The lowest BCUT2D eigenvalue weighted by Crippen LogP contribution is -2.30. The van der Waals surface area contributed by atoms with E-state index >= 15 is 0 Å². The quantitative estimate of drug-likeness (QED) is 0.192. The second-order valence-electron chi connectivity index (χ2n) is 7.74. The minimum absolute atomic E-state index is 0.0391. The van der Waals surface area contributed by atoms with Gasteiger partial charge < -0.3 is 20.1 Å². The summed E-state index contributed by atoms with van der Waals surface area (Å²) in [5.41, 5.74) is 1.77. The summed E-state index contributed by atoms with van der Waals surface area (Å²) in [6.45, 7) is 1.94. The molecule has 1 atom stereocenters. The van der Waals surface area contributed by atoms with Gasteiger partial charge in [-0.15, -0.1) is 0 Å². The molecular formula is C25H23ClN4O6S. The van der Waals surface area contributed by atoms with Crippen LogP contribution < -0.4 is 10.6 Å². The van der Waals surface area contributed by atoms with Crippen LogP contribution in [0.1, 0.15) is 18.4 Å². The molecule has 2 N–H and O–H groups in total. The predicted octanol–water partition coefficient (Wildman–Crippen LogP) is 4.51. The van der Waals surface area contributed by atoms with Gasteiger partial charge in [-0.2, -0.15) is 5.26 Å². The SMILES string of the molecule is COCCOC(=O)C1=C(C)NC(SCC(=O)Nc2ccc([N+](=O)[O-])cc2)=C(C#N)[C@H]1c1ccccc1Cl. The molecule has 0 spiro atoms. The van der Waals surface area contributed by atoms with Gasteiger partial charge in [-0.3, -0.25) is 14.9 Å². The molecule has 192 valence electrons. The minimum Gasteiger partial charge on any atom is -0.460 e. The molecule has 0 bridgehead atoms. The Morgan fingerprint density at radius 1 is 1.22 bits per heavy atom. The Kier molecular flexibility index (Phi) is 9.68. The van der Waals surface area contributed by atoms with Crippen LogP contribution in [0.3, 0.4) is 0 Å². The fourth-order valence-corrected chi connectivity index (χ4v) is 4.75. The lowest BCUT2D eigenvalue weighted by molar-refractivity contribution is -0.384. The van der Waals surface area contributed by atoms with E-state index in [0.29, 0.717) is 27.0 Å². The van der Waals surface area contributed by atoms with Crippen LogP contribution in [-0.2, 0) is 19.1 Å². The van der Waals surface area contributed by atoms with E-state index in [0.717, 1.165) is 11.8 Å². The van der Waals surface area contributed by atoms with E-state index in [1.165, 1.54) is 31.4 Å². The van der Waals surface area contributed by atoms with Gasteiger partial charge in [0.2, 0.25) is 5.91 Å². The average molecular weight is 543 g/mol. The van der Waals surface area contributed by atoms with Crippen molar-refractivity contribution in [2.24, 2.45) is 0 Å². The highest BCUT2D eigenvalue weighted by Crippen LogP contribution is 2.43. The van der Waals surface area contributed by atoms with E-state index in [1.54, 1.807) is 31.2 Å². The van der Waals surface area contributed by atoms with Crippen LogP contribution >= 0.6 is 23.4 Å². The second-order valence-corrected chi connectivity index (χ2v) is 9.14. The maximum Gasteiger partial charge on any atom is 0.336 e. The average Bonchev–Trinajstić information content (AvgIpc) is 2.87. The van der Waals surface area contributed by atoms with E-state index in [2.05, 4.69) is 16.7 Å². The van der Waals surface area contributed by atoms with Crippen molar-refractivity contribution in [1.29, 1.82) is 5.26 Å². The smallest absolute Gasteiger partial charge is 0.336 e. The van der Waals surface area contributed by atoms with E-state index in [4.69, 9.17) is 21.1 Å². The number of carbonyl (C=O) groups is 2. The van der Waals surface area contributed by atoms with E-state index in [-0.39, 0.29) is 41.7 Å². The van der Waals surface area contributed by atoms with Crippen molar-refractivity contribution in [3.05, 3.63) is 91.1 Å². The Labute approximate surface area is 222 Å². The monoisotopic (exact) mass is 542 g/mol. The van der Waals surface area contributed by atoms with Gasteiger partial charge >= 0.3 is 5.97 Å². The van der Waals surface area contributed by atoms with Crippen molar-refractivity contribution in [3.8, 4) is 6.07 Å². The number of ether oxygens (including phenoxy) is 2. The van der Waals surface area contributed by atoms with E-state index in [9.17, 15) is 25.0 Å². The first-order valence-electron chi connectivity index (χ1n) is 11.0. The number of nitrogens with zero attached hydrogens (tertiary/aromatic N) is 2. The lowest BCUT2D eigenvalue weighted by atomic mass is 9.82. The number of hydrogen-bond donors (Lipinski definition) is 2. The van der Waals surface area contributed by atoms with Crippen molar-refractivity contribution >= 4 is 46.6 Å². The van der Waals surface area contributed by atoms with Gasteiger partial charge in [0.25, 0.3) is 5.69 Å². The Balaban J connectivity index is 1.85. The maximum absolute atomic E-state index is 13.0. The number of thioether (sulfide) groups is 1. The fourth-order valence-electron chi connectivity index (χ4n) is 3.61. The van der Waals surface area contributed by atoms with Crippen molar-refractivity contribution in [2.45, 2.75) is 12.8 Å². The number of carbonyl (C=O) groups excluding carboxylic acids is 2. The van der Waals surface area contributed by atoms with Crippen LogP contribution in [0.15, 0.2) is 70.4 Å². The van der Waals surface area contributed by atoms with Crippen molar-refractivity contribution in [1.82, 2.24) is 5.32 Å². The highest BCUT2D eigenvalue weighted by molar-refractivity contribution is 8.03. The number of hydrogen-bond acceptors (Lipinski definition) is 9. The fraction of sp³-hybridized carbons (Fsp3) is 0.240. The molecule has 3 rings (SSSR count). The molecule has 0 fully saturated rings. The lowest BCUT2D eigenvalue weighted by Gasteiger charge is -2.29. The number of halogens is 1. The zero-order valence-electron chi connectivity index (χ0n) is 19.9. The normalized spacial score (nSPS) is 15.0. The molecule has 0 saturated heterocycles. The highest BCUT2D eigenvalue weighted by atomic mass is 35.5. The number of dihydropyridines is 1. The van der Waals surface area contributed by atoms with Gasteiger partial charge in [-0.1, -0.05) is 41.6 Å². The van der Waals surface area contributed by atoms with Crippen LogP contribution in [0, 0.1) is 21.4 Å². The maximum atomic E-state index is 13.0. The molecule has 1 aliphatic rings. The summed E-state index contributed by atoms with van der Waals surface area (Å²) in [6.07, 6.45) is 0. The number of methoxy groups -OCH3 is 1. The number of allylic oxidation sites excluding steroid dienone is 2. The van der Waals surface area contributed by atoms with Crippen LogP contribution in [0.4, 0.5) is 11.4 Å². The standard InChI is InChI=1S/C25H23ClN4O6S/c1-15-22(25(32)36-12-11-35-2)23(18-5-3-4-6-20(18)26)19(13-27)24(28-15)37-14-21(31)29-16-7-9-17(10-8-16)30(33)34/h3-10,23,28H,11-12,14H2,1-2H3,(H,29,31)/t23-/m1/s1. The molecule has 37 heavy (non-hydrogen) atoms. The summed E-state index contributed by atoms with van der Waals surface area (Å²) >= 11 is 7.55. The number of benzene rings is 2. The molecule has 0 radical (unpaired) electrons. The topological polar surface area (TPSA) is 144 Å². The molecule has 2 aromatic carbocycles. The number of nitriles is 1. The summed E-state index contributed by atoms with van der Waals surface area (Å²) in [4.78, 5) is 35.9. The first-order valence-corrected chi connectivity index (χ1v) is 12.3. The van der Waals surface area contributed by atoms with Crippen molar-refractivity contribution < 1.29 is 24.0 Å². The van der Waals surface area contributed by atoms with Gasteiger partial charge in [0, 0.05) is 35.6 Å². The van der Waals surface area contributed by atoms with Crippen molar-refractivity contribution in [3.63, 3.8) is 0 Å². The third-order valence-electron chi connectivity index (χ3n) is 5.31. The molecule has 10 nitrogen and oxygen atoms in total. The van der Waals surface area contributed by atoms with E-state index < -0.39 is 16.8 Å². The van der Waals surface area contributed by atoms with Crippen LogP contribution in [0.25, 0.3) is 0 Å². The molecule has 1 heterocycles. The Hall–Kier alpha value is -3.85. The van der Waals surface area contributed by atoms with E-state index in [1.807, 2.05) is 0 Å². The zero-order valence-corrected chi connectivity index (χ0v) is 21.5. The van der Waals surface area contributed by atoms with Gasteiger partial charge in [0.05, 0.1) is 45.4 Å². The first kappa shape index (κ1) is 27.7. The largest absolute Gasteiger partial charge is 0.460 e. The van der Waals surface area contributed by atoms with Crippen LogP contribution in [-0.4, -0.2) is 42.9 Å². The summed E-state index contributed by atoms with van der Waals surface area (Å²) in [5, 5.41) is 27.4. The van der Waals surface area contributed by atoms with Crippen LogP contribution in [0.2, 0.25) is 5.02 Å². The van der Waals surface area contributed by atoms with Crippen molar-refractivity contribution in [2.75, 3.05) is 31.4 Å². The summed E-state index contributed by atoms with van der Waals surface area (Å²) in [7, 11) is 1.49. The molecule has 1 amide bonds. The molecule has 0 aromatic heterocycles. The van der Waals surface area contributed by atoms with Gasteiger partial charge in [-0.05, 0) is 30.7 Å². The molecule has 2 aromatic rings. The van der Waals surface area contributed by atoms with Gasteiger partial charge in [0.1, 0.15) is 6.61 Å². The second kappa shape index (κ2) is 12.9. The summed E-state index contributed by atoms with van der Waals surface area (Å²) in [6, 6.07) is 14.5. The Morgan fingerprint density at radius 2 is 1.92 bits per heavy atom. The minimum atomic E-state index is -0.810. The number of rotatable bonds is 10. The molecule has 0 aliphatic carbocycles. The number of amides is 1. The summed E-state index contributed by atoms with van der Waals surface area (Å²) in [5.74, 6) is -1.87. The number of anilines is 1. The molecule has 0 unspecified atom stereocenters. The number of nitro groups is 1. The predicted molar refractivity (Wildman–Crippen MR) is 140 cm³/mol. The van der Waals surface area contributed by atoms with Gasteiger partial charge in [-0.25, -0.2) is 4.79 Å².